The smallest absolute Gasteiger partial charge is 0.338 e. The molecule has 2 bridgehead atoms. The zero-order valence-corrected chi connectivity index (χ0v) is 22.6. The second kappa shape index (κ2) is 9.16. The van der Waals surface area contributed by atoms with Crippen LogP contribution in [0.25, 0.3) is 0 Å². The van der Waals surface area contributed by atoms with Gasteiger partial charge in [0.15, 0.2) is 0 Å². The number of ether oxygens (including phenoxy) is 2. The summed E-state index contributed by atoms with van der Waals surface area (Å²) in [6, 6.07) is 23.5. The maximum atomic E-state index is 13.6. The van der Waals surface area contributed by atoms with Crippen molar-refractivity contribution in [3.8, 4) is 0 Å². The molecule has 2 aliphatic rings. The predicted octanol–water partition coefficient (Wildman–Crippen LogP) is 7.32. The van der Waals surface area contributed by atoms with Gasteiger partial charge < -0.3 is 9.47 Å². The Bertz CT molecular complexity index is 1240. The Balaban J connectivity index is 1.48. The third-order valence-electron chi connectivity index (χ3n) is 7.82. The molecule has 5 rings (SSSR count). The highest BCUT2D eigenvalue weighted by Gasteiger charge is 2.55. The van der Waals surface area contributed by atoms with E-state index in [1.165, 1.54) is 11.1 Å². The van der Waals surface area contributed by atoms with Gasteiger partial charge >= 0.3 is 11.9 Å². The van der Waals surface area contributed by atoms with Crippen LogP contribution in [0.4, 0.5) is 0 Å². The second-order valence-corrected chi connectivity index (χ2v) is 12.4. The number of rotatable bonds is 4. The lowest BCUT2D eigenvalue weighted by atomic mass is 9.83. The molecule has 4 nitrogen and oxygen atoms in total. The molecule has 192 valence electrons. The van der Waals surface area contributed by atoms with Crippen molar-refractivity contribution >= 4 is 11.9 Å². The summed E-state index contributed by atoms with van der Waals surface area (Å²) >= 11 is 0. The normalized spacial score (nSPS) is 22.4. The number of carbonyl (C=O) groups is 2. The maximum absolute atomic E-state index is 13.6. The summed E-state index contributed by atoms with van der Waals surface area (Å²) in [6.45, 7) is 12.5. The van der Waals surface area contributed by atoms with E-state index < -0.39 is 12.2 Å². The van der Waals surface area contributed by atoms with E-state index in [0.29, 0.717) is 11.1 Å². The van der Waals surface area contributed by atoms with Crippen molar-refractivity contribution in [3.05, 3.63) is 106 Å². The number of carbonyl (C=O) groups excluding carboxylic acids is 2. The molecule has 1 fully saturated rings. The van der Waals surface area contributed by atoms with Gasteiger partial charge in [0, 0.05) is 11.8 Å². The Morgan fingerprint density at radius 2 is 0.946 bits per heavy atom. The van der Waals surface area contributed by atoms with Crippen LogP contribution in [0.3, 0.4) is 0 Å². The van der Waals surface area contributed by atoms with Gasteiger partial charge in [-0.05, 0) is 51.6 Å². The summed E-state index contributed by atoms with van der Waals surface area (Å²) in [4.78, 5) is 27.2. The van der Waals surface area contributed by atoms with Crippen molar-refractivity contribution in [2.45, 2.75) is 82.8 Å². The molecule has 0 radical (unpaired) electrons. The van der Waals surface area contributed by atoms with Crippen LogP contribution in [0.5, 0.6) is 0 Å². The van der Waals surface area contributed by atoms with Crippen molar-refractivity contribution in [1.29, 1.82) is 0 Å². The van der Waals surface area contributed by atoms with E-state index in [-0.39, 0.29) is 34.6 Å². The van der Waals surface area contributed by atoms with E-state index in [1.807, 2.05) is 60.7 Å². The molecule has 3 aromatic carbocycles. The van der Waals surface area contributed by atoms with Gasteiger partial charge in [0.25, 0.3) is 0 Å². The van der Waals surface area contributed by atoms with Crippen LogP contribution in [0.2, 0.25) is 0 Å². The second-order valence-electron chi connectivity index (χ2n) is 12.4. The summed E-state index contributed by atoms with van der Waals surface area (Å²) in [5.41, 5.74) is 4.98. The fourth-order valence-electron chi connectivity index (χ4n) is 6.10. The topological polar surface area (TPSA) is 52.6 Å². The van der Waals surface area contributed by atoms with Gasteiger partial charge in [-0.25, -0.2) is 9.59 Å². The van der Waals surface area contributed by atoms with Gasteiger partial charge in [-0.3, -0.25) is 0 Å². The Morgan fingerprint density at radius 1 is 0.595 bits per heavy atom. The summed E-state index contributed by atoms with van der Waals surface area (Å²) < 4.78 is 12.5. The third-order valence-corrected chi connectivity index (χ3v) is 7.82. The van der Waals surface area contributed by atoms with Crippen LogP contribution >= 0.6 is 0 Å². The molecule has 37 heavy (non-hydrogen) atoms. The van der Waals surface area contributed by atoms with Crippen molar-refractivity contribution < 1.29 is 19.1 Å². The first-order valence-electron chi connectivity index (χ1n) is 13.2. The quantitative estimate of drug-likeness (QED) is 0.355. The van der Waals surface area contributed by atoms with Gasteiger partial charge in [0.05, 0.1) is 11.1 Å². The molecule has 4 heteroatoms. The van der Waals surface area contributed by atoms with Crippen molar-refractivity contribution in [1.82, 2.24) is 0 Å². The lowest BCUT2D eigenvalue weighted by Gasteiger charge is -2.33. The van der Waals surface area contributed by atoms with E-state index in [9.17, 15) is 9.59 Å². The largest absolute Gasteiger partial charge is 0.454 e. The highest BCUT2D eigenvalue weighted by Crippen LogP contribution is 2.55. The lowest BCUT2D eigenvalue weighted by Crippen LogP contribution is -2.39. The molecule has 3 aromatic rings. The molecular formula is C33H36O4. The molecule has 0 saturated heterocycles. The number of benzene rings is 3. The average Bonchev–Trinajstić information content (AvgIpc) is 3.40. The van der Waals surface area contributed by atoms with Crippen LogP contribution in [0.1, 0.15) is 103 Å². The van der Waals surface area contributed by atoms with Crippen LogP contribution in [-0.4, -0.2) is 24.1 Å². The number of hydrogen-bond acceptors (Lipinski definition) is 4. The molecular weight excluding hydrogens is 460 g/mol. The molecule has 4 atom stereocenters. The molecule has 0 spiro atoms. The zero-order chi connectivity index (χ0) is 26.5. The fraction of sp³-hybridized carbons (Fsp3) is 0.394. The maximum Gasteiger partial charge on any atom is 0.338 e. The number of esters is 2. The van der Waals surface area contributed by atoms with Gasteiger partial charge in [-0.15, -0.1) is 0 Å². The molecule has 2 aliphatic carbocycles. The van der Waals surface area contributed by atoms with Crippen LogP contribution < -0.4 is 0 Å². The van der Waals surface area contributed by atoms with Gasteiger partial charge in [0.1, 0.15) is 12.2 Å². The first-order chi connectivity index (χ1) is 17.5. The Kier molecular flexibility index (Phi) is 6.26. The molecule has 0 amide bonds. The highest BCUT2D eigenvalue weighted by molar-refractivity contribution is 5.93. The summed E-state index contributed by atoms with van der Waals surface area (Å²) in [5, 5.41) is 0. The molecule has 0 N–H and O–H groups in total. The highest BCUT2D eigenvalue weighted by atomic mass is 16.6. The molecule has 0 heterocycles. The van der Waals surface area contributed by atoms with Crippen molar-refractivity contribution in [2.24, 2.45) is 0 Å². The SMILES string of the molecule is CC(C)(C)c1ccccc1C(=O)OC1C2CC(c3ccccc32)C1OC(=O)c1ccccc1C(C)(C)C. The monoisotopic (exact) mass is 496 g/mol. The summed E-state index contributed by atoms with van der Waals surface area (Å²) in [6.07, 6.45) is -0.269. The molecule has 0 aromatic heterocycles. The van der Waals surface area contributed by atoms with Crippen LogP contribution in [-0.2, 0) is 20.3 Å². The average molecular weight is 497 g/mol. The lowest BCUT2D eigenvalue weighted by molar-refractivity contribution is -0.0350. The van der Waals surface area contributed by atoms with Gasteiger partial charge in [-0.1, -0.05) is 102 Å². The zero-order valence-electron chi connectivity index (χ0n) is 22.6. The minimum Gasteiger partial charge on any atom is -0.454 e. The predicted molar refractivity (Wildman–Crippen MR) is 145 cm³/mol. The fourth-order valence-corrected chi connectivity index (χ4v) is 6.10. The first-order valence-corrected chi connectivity index (χ1v) is 13.2. The summed E-state index contributed by atoms with van der Waals surface area (Å²) in [5.74, 6) is -0.724. The van der Waals surface area contributed by atoms with E-state index in [4.69, 9.17) is 9.47 Å². The van der Waals surface area contributed by atoms with E-state index in [1.54, 1.807) is 0 Å². The van der Waals surface area contributed by atoms with Crippen LogP contribution in [0, 0.1) is 0 Å². The Hall–Kier alpha value is -3.40. The Labute approximate surface area is 220 Å². The van der Waals surface area contributed by atoms with E-state index in [0.717, 1.165) is 17.5 Å². The van der Waals surface area contributed by atoms with Crippen LogP contribution in [0.15, 0.2) is 72.8 Å². The minimum absolute atomic E-state index is 0.00242. The first kappa shape index (κ1) is 25.3. The van der Waals surface area contributed by atoms with Gasteiger partial charge in [0.2, 0.25) is 0 Å². The van der Waals surface area contributed by atoms with E-state index >= 15 is 0 Å². The number of hydrogen-bond donors (Lipinski definition) is 0. The summed E-state index contributed by atoms with van der Waals surface area (Å²) in [7, 11) is 0. The Morgan fingerprint density at radius 3 is 1.32 bits per heavy atom. The van der Waals surface area contributed by atoms with E-state index in [2.05, 4.69) is 53.7 Å². The molecule has 0 aliphatic heterocycles. The molecule has 1 saturated carbocycles. The molecule has 4 unspecified atom stereocenters. The number of fused-ring (bicyclic) bond motifs is 5. The van der Waals surface area contributed by atoms with Crippen molar-refractivity contribution in [3.63, 3.8) is 0 Å². The minimum atomic E-state index is -0.536. The van der Waals surface area contributed by atoms with Gasteiger partial charge in [-0.2, -0.15) is 0 Å². The third kappa shape index (κ3) is 4.58. The standard InChI is InChI=1S/C33H36O4/c1-32(2,3)26-17-11-9-15-22(26)30(34)36-28-24-19-25(21-14-8-7-13-20(21)24)29(28)37-31(35)23-16-10-12-18-27(23)33(4,5)6/h7-18,24-25,28-29H,19H2,1-6H3. The van der Waals surface area contributed by atoms with Crippen molar-refractivity contribution in [2.75, 3.05) is 0 Å².